The molecule has 274 valence electrons. The first-order chi connectivity index (χ1) is 25.0. The van der Waals surface area contributed by atoms with E-state index < -0.39 is 54.4 Å². The Morgan fingerprint density at radius 1 is 1.08 bits per heavy atom. The summed E-state index contributed by atoms with van der Waals surface area (Å²) in [4.78, 5) is 24.4. The van der Waals surface area contributed by atoms with Gasteiger partial charge in [-0.05, 0) is 54.4 Å². The van der Waals surface area contributed by atoms with E-state index in [0.29, 0.717) is 43.0 Å². The van der Waals surface area contributed by atoms with Gasteiger partial charge in [-0.3, -0.25) is 10.4 Å². The molecule has 0 bridgehead atoms. The number of carboxylic acids is 1. The summed E-state index contributed by atoms with van der Waals surface area (Å²) in [5.41, 5.74) is -0.809. The molecule has 1 aliphatic carbocycles. The number of fused-ring (bicyclic) bond motifs is 1. The van der Waals surface area contributed by atoms with Crippen LogP contribution in [0.15, 0.2) is 63.5 Å². The highest BCUT2D eigenvalue weighted by Gasteiger charge is 2.59. The molecule has 5 aliphatic rings. The van der Waals surface area contributed by atoms with E-state index >= 15 is 0 Å². The summed E-state index contributed by atoms with van der Waals surface area (Å²) in [6.07, 6.45) is 0.402. The molecule has 1 saturated carbocycles. The zero-order chi connectivity index (χ0) is 36.6. The van der Waals surface area contributed by atoms with E-state index in [9.17, 15) is 35.4 Å². The van der Waals surface area contributed by atoms with Crippen molar-refractivity contribution in [1.82, 2.24) is 0 Å². The third-order valence-electron chi connectivity index (χ3n) is 9.53. The number of hydrogen-bond donors (Lipinski definition) is 7. The largest absolute Gasteiger partial charge is 0.507 e. The van der Waals surface area contributed by atoms with Crippen LogP contribution in [0, 0.1) is 0 Å². The molecule has 0 aromatic heterocycles. The first-order valence-electron chi connectivity index (χ1n) is 16.9. The summed E-state index contributed by atoms with van der Waals surface area (Å²) in [5.74, 6) is -1.84. The fourth-order valence-corrected chi connectivity index (χ4v) is 6.83. The average molecular weight is 720 g/mol. The Balaban J connectivity index is 1.13. The number of hydrogen-bond acceptors (Lipinski definition) is 13. The minimum absolute atomic E-state index is 0.0190. The number of carboxylic acid groups (broad SMARTS) is 1. The molecule has 52 heavy (non-hydrogen) atoms. The van der Waals surface area contributed by atoms with Crippen LogP contribution in [0.2, 0.25) is 0 Å². The van der Waals surface area contributed by atoms with E-state index in [-0.39, 0.29) is 46.9 Å². The van der Waals surface area contributed by atoms with Crippen LogP contribution in [0.3, 0.4) is 0 Å². The monoisotopic (exact) mass is 719 g/mol. The van der Waals surface area contributed by atoms with Crippen molar-refractivity contribution in [2.24, 2.45) is 15.0 Å². The van der Waals surface area contributed by atoms with Crippen LogP contribution in [-0.4, -0.2) is 110 Å². The lowest BCUT2D eigenvalue weighted by molar-refractivity contribution is -0.303. The Kier molecular flexibility index (Phi) is 9.71. The number of aliphatic carboxylic acids is 1. The number of nitrogens with zero attached hydrogens (tertiary/aromatic N) is 3. The molecule has 8 N–H and O–H groups in total. The lowest BCUT2D eigenvalue weighted by Gasteiger charge is -2.46. The van der Waals surface area contributed by atoms with Gasteiger partial charge in [0.25, 0.3) is 0 Å². The highest BCUT2D eigenvalue weighted by atomic mass is 16.7. The number of aliphatic hydroxyl groups is 4. The van der Waals surface area contributed by atoms with Crippen molar-refractivity contribution in [1.29, 1.82) is 0 Å². The fourth-order valence-electron chi connectivity index (χ4n) is 6.83. The molecule has 2 fully saturated rings. The van der Waals surface area contributed by atoms with Crippen molar-refractivity contribution in [2.45, 2.75) is 80.9 Å². The zero-order valence-corrected chi connectivity index (χ0v) is 27.9. The maximum absolute atomic E-state index is 12.3. The lowest BCUT2D eigenvalue weighted by Crippen LogP contribution is -2.69. The molecule has 4 aliphatic heterocycles. The van der Waals surface area contributed by atoms with Crippen LogP contribution in [-0.2, 0) is 9.53 Å². The summed E-state index contributed by atoms with van der Waals surface area (Å²) >= 11 is 0. The molecule has 6 atom stereocenters. The normalized spacial score (nSPS) is 28.2. The number of nitrogens with two attached hydrogens (primary N) is 1. The number of aliphatic imine (C=N–C) groups is 3. The Bertz CT molecular complexity index is 1880. The maximum Gasteiger partial charge on any atom is 0.336 e. The van der Waals surface area contributed by atoms with Gasteiger partial charge in [0.05, 0.1) is 19.3 Å². The predicted molar refractivity (Wildman–Crippen MR) is 184 cm³/mol. The van der Waals surface area contributed by atoms with Gasteiger partial charge in [0.2, 0.25) is 12.0 Å². The highest BCUT2D eigenvalue weighted by Crippen LogP contribution is 2.52. The molecular weight excluding hydrogens is 680 g/mol. The second-order valence-electron chi connectivity index (χ2n) is 13.2. The number of phenolic OH excluding ortho intramolecular Hbond substituents is 1. The Labute approximate surface area is 297 Å². The molecule has 1 saturated heterocycles. The smallest absolute Gasteiger partial charge is 0.336 e. The SMILES string of the molecule is [NH2+]=C1C=CC(CCOc2ccc(C3C=C(O)c4c(cc(OC5OC(C(=O)O)C(O)(CC6=NC=NC6)C(O)C5O)c(OC5CCCC5)c4O)O3)cc2)=N1. The van der Waals surface area contributed by atoms with E-state index in [0.717, 1.165) is 18.6 Å². The van der Waals surface area contributed by atoms with Gasteiger partial charge in [-0.15, -0.1) is 0 Å². The highest BCUT2D eigenvalue weighted by molar-refractivity contribution is 6.13. The van der Waals surface area contributed by atoms with Crippen molar-refractivity contribution < 1.29 is 64.5 Å². The first kappa shape index (κ1) is 35.1. The van der Waals surface area contributed by atoms with Crippen molar-refractivity contribution in [3.05, 3.63) is 59.7 Å². The number of ether oxygens (including phenoxy) is 5. The fraction of sp³-hybridized carbons (Fsp3) is 0.417. The molecule has 6 unspecified atom stereocenters. The second-order valence-corrected chi connectivity index (χ2v) is 13.2. The Morgan fingerprint density at radius 3 is 2.52 bits per heavy atom. The molecule has 0 amide bonds. The van der Waals surface area contributed by atoms with E-state index in [1.807, 2.05) is 6.08 Å². The number of phenols is 1. The molecule has 7 rings (SSSR count). The minimum Gasteiger partial charge on any atom is -0.507 e. The number of benzene rings is 2. The van der Waals surface area contributed by atoms with Crippen LogP contribution in [0.5, 0.6) is 28.7 Å². The molecule has 0 spiro atoms. The molecule has 4 heterocycles. The topological polar surface area (TPSA) is 247 Å². The number of carbonyl (C=O) groups is 1. The maximum atomic E-state index is 12.3. The molecular formula is C36H39N4O12+. The van der Waals surface area contributed by atoms with Gasteiger partial charge < -0.3 is 54.3 Å². The summed E-state index contributed by atoms with van der Waals surface area (Å²) in [6, 6.07) is 8.33. The molecule has 2 aromatic rings. The van der Waals surface area contributed by atoms with Crippen molar-refractivity contribution in [3.8, 4) is 28.7 Å². The number of rotatable bonds is 12. The van der Waals surface area contributed by atoms with Gasteiger partial charge in [0, 0.05) is 36.8 Å². The van der Waals surface area contributed by atoms with E-state index in [2.05, 4.69) is 15.0 Å². The zero-order valence-electron chi connectivity index (χ0n) is 27.9. The van der Waals surface area contributed by atoms with Gasteiger partial charge in [0.15, 0.2) is 23.3 Å². The third-order valence-corrected chi connectivity index (χ3v) is 9.53. The van der Waals surface area contributed by atoms with E-state index in [4.69, 9.17) is 29.1 Å². The number of amidine groups is 1. The van der Waals surface area contributed by atoms with Gasteiger partial charge >= 0.3 is 11.8 Å². The van der Waals surface area contributed by atoms with Gasteiger partial charge in [-0.25, -0.2) is 9.79 Å². The average Bonchev–Trinajstić information content (AvgIpc) is 3.91. The van der Waals surface area contributed by atoms with E-state index in [1.54, 1.807) is 30.3 Å². The number of aliphatic hydroxyl groups excluding tert-OH is 3. The standard InChI is InChI=1S/C36H38N4O12/c37-27-10-7-19(40-27)11-12-48-21-8-5-18(6-9-21)24-13-23(41)28-25(50-24)14-26(31(29(28)42)49-22-3-1-2-4-22)51-35-30(43)32(44)36(47,33(52-35)34(45)46)15-20-16-38-17-39-20/h5-10,13-14,17,22,24,30,32-33,35,37,41-44,47H,1-4,11-12,15-16H2,(H,45,46)/p+1. The molecule has 2 aromatic carbocycles. The lowest BCUT2D eigenvalue weighted by atomic mass is 9.80. The minimum atomic E-state index is -2.48. The van der Waals surface area contributed by atoms with E-state index in [1.165, 1.54) is 18.5 Å². The van der Waals surface area contributed by atoms with Gasteiger partial charge in [0.1, 0.15) is 53.1 Å². The number of allylic oxidation sites excluding steroid dienone is 1. The molecule has 0 radical (unpaired) electrons. The van der Waals surface area contributed by atoms with Crippen LogP contribution in [0.4, 0.5) is 0 Å². The van der Waals surface area contributed by atoms with Gasteiger partial charge in [-0.1, -0.05) is 12.1 Å². The predicted octanol–water partition coefficient (Wildman–Crippen LogP) is 1.20. The van der Waals surface area contributed by atoms with Crippen molar-refractivity contribution >= 4 is 35.3 Å². The summed E-state index contributed by atoms with van der Waals surface area (Å²) in [7, 11) is 0. The van der Waals surface area contributed by atoms with Crippen LogP contribution in [0.25, 0.3) is 5.76 Å². The second kappa shape index (κ2) is 14.4. The third kappa shape index (κ3) is 6.97. The molecule has 16 nitrogen and oxygen atoms in total. The van der Waals surface area contributed by atoms with Crippen LogP contribution < -0.4 is 24.4 Å². The van der Waals surface area contributed by atoms with Crippen molar-refractivity contribution in [2.75, 3.05) is 13.2 Å². The summed E-state index contributed by atoms with van der Waals surface area (Å²) in [6.45, 7) is 0.460. The van der Waals surface area contributed by atoms with Crippen LogP contribution in [0.1, 0.15) is 55.8 Å². The first-order valence-corrected chi connectivity index (χ1v) is 16.9. The van der Waals surface area contributed by atoms with Crippen molar-refractivity contribution in [3.63, 3.8) is 0 Å². The number of aromatic hydroxyl groups is 1. The van der Waals surface area contributed by atoms with Gasteiger partial charge in [-0.2, -0.15) is 0 Å². The Morgan fingerprint density at radius 2 is 1.85 bits per heavy atom. The molecule has 16 heteroatoms. The summed E-state index contributed by atoms with van der Waals surface area (Å²) in [5, 5.41) is 72.0. The summed E-state index contributed by atoms with van der Waals surface area (Å²) < 4.78 is 29.8. The van der Waals surface area contributed by atoms with Crippen LogP contribution >= 0.6 is 0 Å². The quantitative estimate of drug-likeness (QED) is 0.164. The Hall–Kier alpha value is -5.29.